The second kappa shape index (κ2) is 6.87. The first-order chi connectivity index (χ1) is 11.6. The molecule has 1 aromatic heterocycles. The fraction of sp³-hybridized carbons (Fsp3) is 0.0556. The van der Waals surface area contributed by atoms with Crippen LogP contribution >= 0.6 is 0 Å². The number of carboxylic acids is 1. The molecule has 5 nitrogen and oxygen atoms in total. The van der Waals surface area contributed by atoms with E-state index in [0.29, 0.717) is 6.54 Å². The number of carboxylic acid groups (broad SMARTS) is 1. The predicted octanol–water partition coefficient (Wildman–Crippen LogP) is 3.59. The number of aromatic carboxylic acids is 1. The highest BCUT2D eigenvalue weighted by Gasteiger charge is 2.16. The summed E-state index contributed by atoms with van der Waals surface area (Å²) < 4.78 is 13.9. The van der Waals surface area contributed by atoms with Crippen molar-refractivity contribution in [3.63, 3.8) is 0 Å². The average molecular weight is 323 g/mol. The van der Waals surface area contributed by atoms with Gasteiger partial charge in [-0.15, -0.1) is 0 Å². The van der Waals surface area contributed by atoms with E-state index in [2.05, 4.69) is 15.3 Å². The summed E-state index contributed by atoms with van der Waals surface area (Å²) in [6.07, 6.45) is 1.18. The maximum absolute atomic E-state index is 13.9. The Kier molecular flexibility index (Phi) is 4.47. The van der Waals surface area contributed by atoms with Crippen molar-refractivity contribution < 1.29 is 14.3 Å². The molecule has 0 aliphatic carbocycles. The van der Waals surface area contributed by atoms with Crippen molar-refractivity contribution in [3.05, 3.63) is 77.7 Å². The summed E-state index contributed by atoms with van der Waals surface area (Å²) in [5, 5.41) is 12.3. The number of halogens is 1. The molecule has 0 fully saturated rings. The second-order valence-corrected chi connectivity index (χ2v) is 5.08. The van der Waals surface area contributed by atoms with E-state index < -0.39 is 11.8 Å². The molecular formula is C18H14FN3O2. The van der Waals surface area contributed by atoms with Crippen molar-refractivity contribution in [2.45, 2.75) is 6.54 Å². The first-order valence-corrected chi connectivity index (χ1v) is 7.28. The second-order valence-electron chi connectivity index (χ2n) is 5.08. The van der Waals surface area contributed by atoms with Crippen molar-refractivity contribution in [3.8, 4) is 11.4 Å². The van der Waals surface area contributed by atoms with Crippen LogP contribution in [0.2, 0.25) is 0 Å². The third kappa shape index (κ3) is 3.38. The zero-order valence-electron chi connectivity index (χ0n) is 12.6. The third-order valence-corrected chi connectivity index (χ3v) is 3.44. The van der Waals surface area contributed by atoms with Crippen LogP contribution in [0, 0.1) is 5.82 Å². The zero-order chi connectivity index (χ0) is 16.9. The Labute approximate surface area is 137 Å². The summed E-state index contributed by atoms with van der Waals surface area (Å²) in [4.78, 5) is 19.5. The Hall–Kier alpha value is -3.28. The van der Waals surface area contributed by atoms with Crippen LogP contribution < -0.4 is 5.32 Å². The fourth-order valence-corrected chi connectivity index (χ4v) is 2.23. The number of anilines is 1. The number of aromatic nitrogens is 2. The molecule has 6 heteroatoms. The van der Waals surface area contributed by atoms with Gasteiger partial charge in [0.25, 0.3) is 0 Å². The van der Waals surface area contributed by atoms with E-state index in [-0.39, 0.29) is 22.8 Å². The molecule has 0 aliphatic heterocycles. The largest absolute Gasteiger partial charge is 0.477 e. The summed E-state index contributed by atoms with van der Waals surface area (Å²) in [7, 11) is 0. The molecule has 2 N–H and O–H groups in total. The van der Waals surface area contributed by atoms with Crippen LogP contribution in [-0.4, -0.2) is 21.0 Å². The minimum absolute atomic E-state index is 0.0639. The third-order valence-electron chi connectivity index (χ3n) is 3.44. The SMILES string of the molecule is O=C(O)c1cnc(-c2ccccc2F)nc1NCc1ccccc1. The van der Waals surface area contributed by atoms with Crippen LogP contribution in [0.25, 0.3) is 11.4 Å². The molecule has 0 radical (unpaired) electrons. The molecule has 0 saturated carbocycles. The fourth-order valence-electron chi connectivity index (χ4n) is 2.23. The van der Waals surface area contributed by atoms with Crippen LogP contribution in [0.3, 0.4) is 0 Å². The minimum atomic E-state index is -1.15. The van der Waals surface area contributed by atoms with Gasteiger partial charge in [0.1, 0.15) is 17.2 Å². The standard InChI is InChI=1S/C18H14FN3O2/c19-15-9-5-4-8-13(15)16-21-11-14(18(23)24)17(22-16)20-10-12-6-2-1-3-7-12/h1-9,11H,10H2,(H,23,24)(H,20,21,22). The molecule has 2 aromatic carbocycles. The summed E-state index contributed by atoms with van der Waals surface area (Å²) in [5.74, 6) is -1.33. The van der Waals surface area contributed by atoms with E-state index in [1.54, 1.807) is 18.2 Å². The Morgan fingerprint density at radius 3 is 2.50 bits per heavy atom. The smallest absolute Gasteiger partial charge is 0.341 e. The number of benzene rings is 2. The zero-order valence-corrected chi connectivity index (χ0v) is 12.6. The summed E-state index contributed by atoms with van der Waals surface area (Å²) in [6.45, 7) is 0.398. The molecular weight excluding hydrogens is 309 g/mol. The lowest BCUT2D eigenvalue weighted by Gasteiger charge is -2.10. The van der Waals surface area contributed by atoms with E-state index in [1.807, 2.05) is 30.3 Å². The molecule has 0 saturated heterocycles. The van der Waals surface area contributed by atoms with Crippen LogP contribution in [0.4, 0.5) is 10.2 Å². The monoisotopic (exact) mass is 323 g/mol. The van der Waals surface area contributed by atoms with Gasteiger partial charge in [-0.2, -0.15) is 0 Å². The average Bonchev–Trinajstić information content (AvgIpc) is 2.61. The van der Waals surface area contributed by atoms with Crippen molar-refractivity contribution in [2.75, 3.05) is 5.32 Å². The van der Waals surface area contributed by atoms with Gasteiger partial charge in [0, 0.05) is 12.7 Å². The highest BCUT2D eigenvalue weighted by atomic mass is 19.1. The molecule has 120 valence electrons. The van der Waals surface area contributed by atoms with E-state index >= 15 is 0 Å². The van der Waals surface area contributed by atoms with Gasteiger partial charge in [-0.05, 0) is 17.7 Å². The van der Waals surface area contributed by atoms with Gasteiger partial charge < -0.3 is 10.4 Å². The van der Waals surface area contributed by atoms with Crippen molar-refractivity contribution in [2.24, 2.45) is 0 Å². The lowest BCUT2D eigenvalue weighted by atomic mass is 10.2. The minimum Gasteiger partial charge on any atom is -0.477 e. The van der Waals surface area contributed by atoms with E-state index in [4.69, 9.17) is 0 Å². The quantitative estimate of drug-likeness (QED) is 0.750. The summed E-state index contributed by atoms with van der Waals surface area (Å²) >= 11 is 0. The summed E-state index contributed by atoms with van der Waals surface area (Å²) in [6, 6.07) is 15.6. The Bertz CT molecular complexity index is 869. The van der Waals surface area contributed by atoms with Gasteiger partial charge in [-0.25, -0.2) is 19.2 Å². The van der Waals surface area contributed by atoms with E-state index in [9.17, 15) is 14.3 Å². The Morgan fingerprint density at radius 1 is 1.08 bits per heavy atom. The number of hydrogen-bond donors (Lipinski definition) is 2. The van der Waals surface area contributed by atoms with Gasteiger partial charge in [0.05, 0.1) is 5.56 Å². The molecule has 0 unspecified atom stereocenters. The summed E-state index contributed by atoms with van der Waals surface area (Å²) in [5.41, 5.74) is 1.13. The molecule has 3 aromatic rings. The van der Waals surface area contributed by atoms with Gasteiger partial charge in [0.2, 0.25) is 0 Å². The van der Waals surface area contributed by atoms with E-state index in [1.165, 1.54) is 12.3 Å². The lowest BCUT2D eigenvalue weighted by Crippen LogP contribution is -2.10. The predicted molar refractivity (Wildman–Crippen MR) is 88.2 cm³/mol. The van der Waals surface area contributed by atoms with Crippen molar-refractivity contribution in [1.82, 2.24) is 9.97 Å². The van der Waals surface area contributed by atoms with Crippen LogP contribution in [-0.2, 0) is 6.54 Å². The Morgan fingerprint density at radius 2 is 1.79 bits per heavy atom. The van der Waals surface area contributed by atoms with Crippen LogP contribution in [0.5, 0.6) is 0 Å². The van der Waals surface area contributed by atoms with Crippen LogP contribution in [0.1, 0.15) is 15.9 Å². The van der Waals surface area contributed by atoms with Gasteiger partial charge in [-0.3, -0.25) is 0 Å². The molecule has 24 heavy (non-hydrogen) atoms. The highest BCUT2D eigenvalue weighted by molar-refractivity contribution is 5.93. The normalized spacial score (nSPS) is 10.4. The first-order valence-electron chi connectivity index (χ1n) is 7.28. The van der Waals surface area contributed by atoms with Gasteiger partial charge in [0.15, 0.2) is 5.82 Å². The maximum atomic E-state index is 13.9. The first kappa shape index (κ1) is 15.6. The number of nitrogens with zero attached hydrogens (tertiary/aromatic N) is 2. The number of nitrogens with one attached hydrogen (secondary N) is 1. The molecule has 0 atom stereocenters. The van der Waals surface area contributed by atoms with E-state index in [0.717, 1.165) is 5.56 Å². The molecule has 0 bridgehead atoms. The van der Waals surface area contributed by atoms with Crippen LogP contribution in [0.15, 0.2) is 60.8 Å². The lowest BCUT2D eigenvalue weighted by molar-refractivity contribution is 0.0697. The number of carbonyl (C=O) groups is 1. The molecule has 0 amide bonds. The number of hydrogen-bond acceptors (Lipinski definition) is 4. The van der Waals surface area contributed by atoms with Crippen molar-refractivity contribution in [1.29, 1.82) is 0 Å². The molecule has 1 heterocycles. The number of rotatable bonds is 5. The van der Waals surface area contributed by atoms with Gasteiger partial charge >= 0.3 is 5.97 Å². The Balaban J connectivity index is 1.95. The van der Waals surface area contributed by atoms with Gasteiger partial charge in [-0.1, -0.05) is 42.5 Å². The highest BCUT2D eigenvalue weighted by Crippen LogP contribution is 2.22. The maximum Gasteiger partial charge on any atom is 0.341 e. The topological polar surface area (TPSA) is 75.1 Å². The molecule has 0 aliphatic rings. The van der Waals surface area contributed by atoms with Crippen molar-refractivity contribution >= 4 is 11.8 Å². The molecule has 3 rings (SSSR count). The molecule has 0 spiro atoms.